The van der Waals surface area contributed by atoms with Crippen LogP contribution in [0.5, 0.6) is 0 Å². The highest BCUT2D eigenvalue weighted by Gasteiger charge is 2.13. The number of nitrogens with two attached hydrogens (primary N) is 1. The molecule has 152 valence electrons. The van der Waals surface area contributed by atoms with Gasteiger partial charge in [0.15, 0.2) is 11.5 Å². The molecule has 5 N–H and O–H groups in total. The average molecular weight is 408 g/mol. The normalized spacial score (nSPS) is 10.6. The van der Waals surface area contributed by atoms with Gasteiger partial charge in [0.05, 0.1) is 24.7 Å². The van der Waals surface area contributed by atoms with Gasteiger partial charge < -0.3 is 21.1 Å². The Bertz CT molecular complexity index is 1210. The Morgan fingerprint density at radius 2 is 1.97 bits per heavy atom. The second-order valence-electron chi connectivity index (χ2n) is 6.14. The number of ether oxygens (including phenoxy) is 1. The second kappa shape index (κ2) is 7.91. The maximum atomic E-state index is 14.0. The number of fused-ring (bicyclic) bond motifs is 1. The summed E-state index contributed by atoms with van der Waals surface area (Å²) in [6.07, 6.45) is 2.37. The van der Waals surface area contributed by atoms with Crippen LogP contribution >= 0.6 is 0 Å². The molecule has 0 aliphatic rings. The quantitative estimate of drug-likeness (QED) is 0.394. The van der Waals surface area contributed by atoms with E-state index in [1.165, 1.54) is 36.0 Å². The van der Waals surface area contributed by atoms with E-state index < -0.39 is 11.9 Å². The highest BCUT2D eigenvalue weighted by Crippen LogP contribution is 2.27. The number of hydrogen-bond donors (Lipinski definition) is 4. The molecule has 0 radical (unpaired) electrons. The van der Waals surface area contributed by atoms with Crippen molar-refractivity contribution in [2.75, 3.05) is 28.8 Å². The van der Waals surface area contributed by atoms with Crippen molar-refractivity contribution in [1.82, 2.24) is 19.6 Å². The van der Waals surface area contributed by atoms with Gasteiger partial charge in [0.2, 0.25) is 0 Å². The van der Waals surface area contributed by atoms with Crippen LogP contribution in [0.2, 0.25) is 0 Å². The first-order chi connectivity index (χ1) is 14.5. The van der Waals surface area contributed by atoms with E-state index in [9.17, 15) is 9.18 Å². The zero-order chi connectivity index (χ0) is 21.1. The Hall–Kier alpha value is -4.41. The van der Waals surface area contributed by atoms with Crippen molar-refractivity contribution in [1.29, 1.82) is 0 Å². The van der Waals surface area contributed by atoms with Crippen molar-refractivity contribution in [3.8, 4) is 0 Å². The summed E-state index contributed by atoms with van der Waals surface area (Å²) in [5, 5.41) is 13.0. The molecule has 1 amide bonds. The number of imidazole rings is 1. The number of nitrogen functional groups attached to an aromatic ring is 1. The Kier molecular flexibility index (Phi) is 4.99. The van der Waals surface area contributed by atoms with E-state index in [1.807, 2.05) is 12.1 Å². The highest BCUT2D eigenvalue weighted by atomic mass is 19.1. The molecule has 1 aromatic carbocycles. The number of rotatable bonds is 5. The summed E-state index contributed by atoms with van der Waals surface area (Å²) in [7, 11) is 1.19. The highest BCUT2D eigenvalue weighted by molar-refractivity contribution is 5.86. The molecule has 10 nitrogen and oxygen atoms in total. The van der Waals surface area contributed by atoms with Crippen molar-refractivity contribution in [3.63, 3.8) is 0 Å². The number of amides is 1. The van der Waals surface area contributed by atoms with Gasteiger partial charge in [-0.1, -0.05) is 6.07 Å². The lowest BCUT2D eigenvalue weighted by Gasteiger charge is -2.12. The Balaban J connectivity index is 1.68. The SMILES string of the molecule is COC(=O)Nc1cc(Nc2cc(Nc3ccccn3)c3ncc(N)n3n2)ccc1F. The van der Waals surface area contributed by atoms with Gasteiger partial charge in [-0.05, 0) is 30.3 Å². The molecule has 0 fully saturated rings. The summed E-state index contributed by atoms with van der Waals surface area (Å²) in [5.41, 5.74) is 7.53. The molecular formula is C19H17FN8O2. The fourth-order valence-corrected chi connectivity index (χ4v) is 2.72. The lowest BCUT2D eigenvalue weighted by Crippen LogP contribution is -2.12. The third kappa shape index (κ3) is 3.90. The monoisotopic (exact) mass is 408 g/mol. The largest absolute Gasteiger partial charge is 0.453 e. The fraction of sp³-hybridized carbons (Fsp3) is 0.0526. The van der Waals surface area contributed by atoms with Gasteiger partial charge in [0.1, 0.15) is 17.5 Å². The zero-order valence-electron chi connectivity index (χ0n) is 15.8. The van der Waals surface area contributed by atoms with Crippen LogP contribution in [-0.2, 0) is 4.74 Å². The number of nitrogens with zero attached hydrogens (tertiary/aromatic N) is 4. The maximum Gasteiger partial charge on any atom is 0.411 e. The number of carbonyl (C=O) groups is 1. The summed E-state index contributed by atoms with van der Waals surface area (Å²) in [4.78, 5) is 19.9. The molecule has 0 saturated heterocycles. The molecule has 0 aliphatic heterocycles. The van der Waals surface area contributed by atoms with Crippen molar-refractivity contribution >= 4 is 46.3 Å². The molecule has 3 aromatic heterocycles. The predicted octanol–water partition coefficient (Wildman–Crippen LogP) is 3.51. The number of methoxy groups -OCH3 is 1. The minimum Gasteiger partial charge on any atom is -0.453 e. The topological polar surface area (TPSA) is 131 Å². The van der Waals surface area contributed by atoms with Crippen molar-refractivity contribution in [2.45, 2.75) is 0 Å². The Morgan fingerprint density at radius 3 is 2.73 bits per heavy atom. The molecule has 0 unspecified atom stereocenters. The molecular weight excluding hydrogens is 391 g/mol. The van der Waals surface area contributed by atoms with Crippen LogP contribution < -0.4 is 21.7 Å². The minimum atomic E-state index is -0.779. The summed E-state index contributed by atoms with van der Waals surface area (Å²) < 4.78 is 19.9. The first-order valence-corrected chi connectivity index (χ1v) is 8.77. The molecule has 0 aliphatic carbocycles. The number of aromatic nitrogens is 4. The molecule has 30 heavy (non-hydrogen) atoms. The lowest BCUT2D eigenvalue weighted by atomic mass is 10.2. The zero-order valence-corrected chi connectivity index (χ0v) is 15.8. The van der Waals surface area contributed by atoms with E-state index in [0.717, 1.165) is 0 Å². The average Bonchev–Trinajstić information content (AvgIpc) is 3.12. The van der Waals surface area contributed by atoms with Gasteiger partial charge in [0.25, 0.3) is 0 Å². The molecule has 0 atom stereocenters. The van der Waals surface area contributed by atoms with Gasteiger partial charge in [-0.2, -0.15) is 4.52 Å². The Morgan fingerprint density at radius 1 is 1.10 bits per heavy atom. The number of nitrogens with one attached hydrogen (secondary N) is 3. The summed E-state index contributed by atoms with van der Waals surface area (Å²) in [6.45, 7) is 0. The van der Waals surface area contributed by atoms with Crippen LogP contribution in [0.3, 0.4) is 0 Å². The van der Waals surface area contributed by atoms with Crippen LogP contribution in [-0.4, -0.2) is 32.8 Å². The number of carbonyl (C=O) groups excluding carboxylic acids is 1. The third-order valence-corrected chi connectivity index (χ3v) is 4.08. The van der Waals surface area contributed by atoms with Gasteiger partial charge in [-0.3, -0.25) is 5.32 Å². The van der Waals surface area contributed by atoms with E-state index in [4.69, 9.17) is 5.73 Å². The van der Waals surface area contributed by atoms with Crippen molar-refractivity contribution in [3.05, 3.63) is 60.7 Å². The second-order valence-corrected chi connectivity index (χ2v) is 6.14. The number of anilines is 6. The van der Waals surface area contributed by atoms with Crippen LogP contribution in [0.25, 0.3) is 5.65 Å². The van der Waals surface area contributed by atoms with Gasteiger partial charge in [0, 0.05) is 18.0 Å². The molecule has 4 rings (SSSR count). The molecule has 0 spiro atoms. The van der Waals surface area contributed by atoms with E-state index >= 15 is 0 Å². The molecule has 3 heterocycles. The van der Waals surface area contributed by atoms with E-state index in [1.54, 1.807) is 18.3 Å². The summed E-state index contributed by atoms with van der Waals surface area (Å²) in [6, 6.07) is 11.3. The van der Waals surface area contributed by atoms with Gasteiger partial charge in [-0.15, -0.1) is 5.10 Å². The smallest absolute Gasteiger partial charge is 0.411 e. The molecule has 0 bridgehead atoms. The van der Waals surface area contributed by atoms with E-state index in [2.05, 4.69) is 35.8 Å². The van der Waals surface area contributed by atoms with E-state index in [-0.39, 0.29) is 5.69 Å². The number of benzene rings is 1. The van der Waals surface area contributed by atoms with Crippen LogP contribution in [0.1, 0.15) is 0 Å². The van der Waals surface area contributed by atoms with Crippen molar-refractivity contribution < 1.29 is 13.9 Å². The first-order valence-electron chi connectivity index (χ1n) is 8.77. The number of halogens is 1. The third-order valence-electron chi connectivity index (χ3n) is 4.08. The van der Waals surface area contributed by atoms with Crippen LogP contribution in [0.15, 0.2) is 54.9 Å². The number of hydrogen-bond acceptors (Lipinski definition) is 8. The minimum absolute atomic E-state index is 0.0399. The summed E-state index contributed by atoms with van der Waals surface area (Å²) in [5.74, 6) is 0.751. The van der Waals surface area contributed by atoms with Crippen LogP contribution in [0, 0.1) is 5.82 Å². The molecule has 4 aromatic rings. The van der Waals surface area contributed by atoms with Crippen molar-refractivity contribution in [2.24, 2.45) is 0 Å². The first kappa shape index (κ1) is 18.9. The summed E-state index contributed by atoms with van der Waals surface area (Å²) >= 11 is 0. The standard InChI is InChI=1S/C19H17FN8O2/c1-30-19(29)26-13-8-11(5-6-12(13)20)24-17-9-14(25-16-4-2-3-7-22-16)18-23-10-15(21)28(18)27-17/h2-10H,21H2,1H3,(H,22,25)(H,24,27)(H,26,29). The molecule has 11 heteroatoms. The molecule has 0 saturated carbocycles. The predicted molar refractivity (Wildman–Crippen MR) is 111 cm³/mol. The van der Waals surface area contributed by atoms with Crippen LogP contribution in [0.4, 0.5) is 43.7 Å². The lowest BCUT2D eigenvalue weighted by molar-refractivity contribution is 0.187. The van der Waals surface area contributed by atoms with Gasteiger partial charge >= 0.3 is 6.09 Å². The number of pyridine rings is 1. The Labute approximate surface area is 169 Å². The van der Waals surface area contributed by atoms with Gasteiger partial charge in [-0.25, -0.2) is 19.2 Å². The van der Waals surface area contributed by atoms with E-state index in [0.29, 0.717) is 34.5 Å². The fourth-order valence-electron chi connectivity index (χ4n) is 2.72. The maximum absolute atomic E-state index is 14.0.